The van der Waals surface area contributed by atoms with Crippen LogP contribution in [0.3, 0.4) is 0 Å². The molecule has 64 valence electrons. The first-order chi connectivity index (χ1) is 8.43. The first-order valence-corrected chi connectivity index (χ1v) is 4.55. The molecule has 0 radical (unpaired) electrons. The molecule has 0 bridgehead atoms. The Morgan fingerprint density at radius 1 is 0.846 bits per heavy atom. The van der Waals surface area contributed by atoms with Crippen LogP contribution in [0.4, 0.5) is 0 Å². The molecule has 0 aliphatic carbocycles. The normalized spacial score (nSPS) is 15.3. The van der Waals surface area contributed by atoms with Crippen LogP contribution in [0.1, 0.15) is 6.85 Å². The van der Waals surface area contributed by atoms with Crippen molar-refractivity contribution in [3.63, 3.8) is 0 Å². The fraction of sp³-hybridized carbons (Fsp3) is 0. The lowest BCUT2D eigenvalue weighted by molar-refractivity contribution is 1.59. The minimum atomic E-state index is -0.370. The number of rotatable bonds is 1. The van der Waals surface area contributed by atoms with Gasteiger partial charge < -0.3 is 0 Å². The van der Waals surface area contributed by atoms with Gasteiger partial charge in [-0.15, -0.1) is 0 Å². The highest BCUT2D eigenvalue weighted by Crippen LogP contribution is 2.20. The van der Waals surface area contributed by atoms with Gasteiger partial charge in [0, 0.05) is 4.47 Å². The van der Waals surface area contributed by atoms with Crippen molar-refractivity contribution in [2.75, 3.05) is 0 Å². The fourth-order valence-electron chi connectivity index (χ4n) is 1.01. The van der Waals surface area contributed by atoms with Gasteiger partial charge in [0.25, 0.3) is 0 Å². The van der Waals surface area contributed by atoms with Crippen molar-refractivity contribution >= 4 is 15.9 Å². The largest absolute Gasteiger partial charge is 0.0629 e. The van der Waals surface area contributed by atoms with E-state index in [-0.39, 0.29) is 35.8 Å². The molecule has 0 unspecified atom stereocenters. The molecule has 2 aromatic carbocycles. The summed E-state index contributed by atoms with van der Waals surface area (Å²) in [6.07, 6.45) is 0. The number of halogens is 1. The van der Waals surface area contributed by atoms with Crippen molar-refractivity contribution in [3.05, 3.63) is 59.0 Å². The quantitative estimate of drug-likeness (QED) is 0.701. The predicted octanol–water partition coefficient (Wildman–Crippen LogP) is 4.12. The van der Waals surface area contributed by atoms with Crippen molar-refractivity contribution in [1.29, 1.82) is 0 Å². The molecule has 0 heterocycles. The average molecular weight is 238 g/mol. The van der Waals surface area contributed by atoms with Crippen LogP contribution >= 0.6 is 15.9 Å². The first kappa shape index (κ1) is 4.43. The van der Waals surface area contributed by atoms with E-state index >= 15 is 0 Å². The molecule has 0 aromatic heterocycles. The van der Waals surface area contributed by atoms with Crippen molar-refractivity contribution < 1.29 is 6.85 Å². The summed E-state index contributed by atoms with van der Waals surface area (Å²) in [7, 11) is 0. The smallest absolute Gasteiger partial charge is 0.0622 e. The van der Waals surface area contributed by atoms with E-state index in [0.29, 0.717) is 5.56 Å². The third-order valence-corrected chi connectivity index (χ3v) is 2.16. The van der Waals surface area contributed by atoms with E-state index < -0.39 is 0 Å². The summed E-state index contributed by atoms with van der Waals surface area (Å²) in [5.74, 6) is 0. The maximum absolute atomic E-state index is 7.84. The molecule has 0 nitrogen and oxygen atoms in total. The van der Waals surface area contributed by atoms with Gasteiger partial charge in [-0.3, -0.25) is 0 Å². The summed E-state index contributed by atoms with van der Waals surface area (Å²) < 4.78 is 39.3. The zero-order valence-corrected chi connectivity index (χ0v) is 8.27. The third kappa shape index (κ3) is 1.99. The zero-order valence-electron chi connectivity index (χ0n) is 11.7. The Balaban J connectivity index is 2.75. The second-order valence-corrected chi connectivity index (χ2v) is 3.42. The summed E-state index contributed by atoms with van der Waals surface area (Å²) in [6, 6.07) is 5.64. The van der Waals surface area contributed by atoms with Crippen LogP contribution in [0, 0.1) is 0 Å². The second-order valence-electron chi connectivity index (χ2n) is 2.51. The summed E-state index contributed by atoms with van der Waals surface area (Å²) in [6.45, 7) is 0. The first-order valence-electron chi connectivity index (χ1n) is 6.26. The summed E-state index contributed by atoms with van der Waals surface area (Å²) in [5, 5.41) is 0. The van der Waals surface area contributed by atoms with Gasteiger partial charge in [-0.25, -0.2) is 0 Å². The van der Waals surface area contributed by atoms with Crippen molar-refractivity contribution in [3.8, 4) is 11.1 Å². The minimum Gasteiger partial charge on any atom is -0.0622 e. The molecule has 1 heteroatoms. The molecule has 0 fully saturated rings. The molecule has 0 atom stereocenters. The van der Waals surface area contributed by atoms with Crippen LogP contribution in [-0.2, 0) is 0 Å². The number of hydrogen-bond donors (Lipinski definition) is 0. The van der Waals surface area contributed by atoms with Gasteiger partial charge in [-0.2, -0.15) is 0 Å². The SMILES string of the molecule is [2H]c1c([2H])c([2H])c(-c2ccc(Br)cc2)c([2H])c1[2H]. The van der Waals surface area contributed by atoms with Crippen molar-refractivity contribution in [2.45, 2.75) is 0 Å². The minimum absolute atomic E-state index is 0.177. The lowest BCUT2D eigenvalue weighted by Gasteiger charge is -2.00. The van der Waals surface area contributed by atoms with Gasteiger partial charge >= 0.3 is 0 Å². The molecule has 2 aromatic rings. The second kappa shape index (κ2) is 3.75. The van der Waals surface area contributed by atoms with E-state index in [9.17, 15) is 0 Å². The third-order valence-electron chi connectivity index (χ3n) is 1.63. The highest BCUT2D eigenvalue weighted by molar-refractivity contribution is 9.10. The van der Waals surface area contributed by atoms with Crippen molar-refractivity contribution in [2.24, 2.45) is 0 Å². The lowest BCUT2D eigenvalue weighted by Crippen LogP contribution is -1.75. The maximum Gasteiger partial charge on any atom is 0.0629 e. The Labute approximate surface area is 93.4 Å². The van der Waals surface area contributed by atoms with Gasteiger partial charge in [0.15, 0.2) is 0 Å². The molecule has 0 N–H and O–H groups in total. The van der Waals surface area contributed by atoms with Gasteiger partial charge in [0.05, 0.1) is 6.85 Å². The Kier molecular flexibility index (Phi) is 1.28. The van der Waals surface area contributed by atoms with E-state index in [1.807, 2.05) is 0 Å². The molecule has 0 saturated heterocycles. The highest BCUT2D eigenvalue weighted by atomic mass is 79.9. The standard InChI is InChI=1S/C12H9Br/c13-12-8-6-11(7-9-12)10-4-2-1-3-5-10/h1-9H/i1D,2D,3D,4D,5D. The monoisotopic (exact) mass is 237 g/mol. The van der Waals surface area contributed by atoms with Crippen LogP contribution in [0.2, 0.25) is 0 Å². The van der Waals surface area contributed by atoms with Gasteiger partial charge in [0.2, 0.25) is 0 Å². The predicted molar refractivity (Wildman–Crippen MR) is 59.6 cm³/mol. The maximum atomic E-state index is 7.84. The Hall–Kier alpha value is -1.08. The molecule has 2 rings (SSSR count). The molecule has 0 aliphatic rings. The molecule has 13 heavy (non-hydrogen) atoms. The summed E-state index contributed by atoms with van der Waals surface area (Å²) in [5.41, 5.74) is 0.837. The molecular weight excluding hydrogens is 224 g/mol. The van der Waals surface area contributed by atoms with Crippen molar-refractivity contribution in [1.82, 2.24) is 0 Å². The lowest BCUT2D eigenvalue weighted by atomic mass is 10.1. The highest BCUT2D eigenvalue weighted by Gasteiger charge is 1.94. The van der Waals surface area contributed by atoms with E-state index in [4.69, 9.17) is 6.85 Å². The van der Waals surface area contributed by atoms with Crippen LogP contribution < -0.4 is 0 Å². The topological polar surface area (TPSA) is 0 Å². The molecule has 0 saturated carbocycles. The van der Waals surface area contributed by atoms with E-state index in [1.54, 1.807) is 24.3 Å². The molecule has 0 spiro atoms. The van der Waals surface area contributed by atoms with E-state index in [1.165, 1.54) is 0 Å². The molecule has 0 aliphatic heterocycles. The molecular formula is C12H9Br. The Bertz CT molecular complexity index is 578. The van der Waals surface area contributed by atoms with E-state index in [0.717, 1.165) is 4.47 Å². The summed E-state index contributed by atoms with van der Waals surface area (Å²) >= 11 is 3.30. The number of benzene rings is 2. The number of hydrogen-bond acceptors (Lipinski definition) is 0. The molecule has 0 amide bonds. The fourth-order valence-corrected chi connectivity index (χ4v) is 1.28. The van der Waals surface area contributed by atoms with Gasteiger partial charge in [-0.1, -0.05) is 58.3 Å². The Morgan fingerprint density at radius 2 is 1.46 bits per heavy atom. The Morgan fingerprint density at radius 3 is 2.08 bits per heavy atom. The summed E-state index contributed by atoms with van der Waals surface area (Å²) in [4.78, 5) is 0. The van der Waals surface area contributed by atoms with Crippen LogP contribution in [0.15, 0.2) is 59.0 Å². The van der Waals surface area contributed by atoms with Crippen LogP contribution in [-0.4, -0.2) is 0 Å². The zero-order chi connectivity index (χ0) is 13.4. The average Bonchev–Trinajstić information content (AvgIpc) is 2.36. The van der Waals surface area contributed by atoms with Crippen LogP contribution in [0.25, 0.3) is 11.1 Å². The van der Waals surface area contributed by atoms with Crippen LogP contribution in [0.5, 0.6) is 0 Å². The van der Waals surface area contributed by atoms with Gasteiger partial charge in [-0.05, 0) is 23.3 Å². The van der Waals surface area contributed by atoms with Gasteiger partial charge in [0.1, 0.15) is 0 Å². The van der Waals surface area contributed by atoms with E-state index in [2.05, 4.69) is 15.9 Å².